The van der Waals surface area contributed by atoms with E-state index in [-0.39, 0.29) is 5.91 Å². The van der Waals surface area contributed by atoms with Gasteiger partial charge in [0.1, 0.15) is 5.82 Å². The van der Waals surface area contributed by atoms with Crippen LogP contribution in [-0.4, -0.2) is 15.9 Å². The number of benzene rings is 2. The third-order valence-electron chi connectivity index (χ3n) is 4.51. The van der Waals surface area contributed by atoms with Crippen molar-refractivity contribution < 1.29 is 4.79 Å². The Morgan fingerprint density at radius 3 is 2.44 bits per heavy atom. The van der Waals surface area contributed by atoms with Gasteiger partial charge in [0, 0.05) is 16.6 Å². The second kappa shape index (κ2) is 7.00. The number of aromatic nitrogens is 2. The van der Waals surface area contributed by atoms with E-state index < -0.39 is 0 Å². The zero-order valence-electron chi connectivity index (χ0n) is 15.2. The zero-order valence-corrected chi connectivity index (χ0v) is 15.2. The summed E-state index contributed by atoms with van der Waals surface area (Å²) in [5.41, 5.74) is 5.16. The standard InChI is InChI=1S/C23H19N3O/c1-15-8-3-4-10-17(15)21-14-19(18-11-5-6-12-20(18)25-21)23(27)26-22-13-7-9-16(2)24-22/h3-14H,1-2H3,(H,24,26,27). The average molecular weight is 353 g/mol. The summed E-state index contributed by atoms with van der Waals surface area (Å²) in [6.07, 6.45) is 0. The van der Waals surface area contributed by atoms with Crippen molar-refractivity contribution >= 4 is 22.6 Å². The van der Waals surface area contributed by atoms with E-state index in [1.807, 2.05) is 80.6 Å². The van der Waals surface area contributed by atoms with Crippen molar-refractivity contribution in [2.45, 2.75) is 13.8 Å². The molecule has 0 aliphatic rings. The molecule has 0 bridgehead atoms. The minimum atomic E-state index is -0.193. The number of carbonyl (C=O) groups excluding carboxylic acids is 1. The van der Waals surface area contributed by atoms with Crippen molar-refractivity contribution in [2.75, 3.05) is 5.32 Å². The highest BCUT2D eigenvalue weighted by atomic mass is 16.1. The third kappa shape index (κ3) is 3.42. The van der Waals surface area contributed by atoms with Crippen LogP contribution in [-0.2, 0) is 0 Å². The maximum absolute atomic E-state index is 13.0. The van der Waals surface area contributed by atoms with E-state index in [4.69, 9.17) is 4.98 Å². The fourth-order valence-electron chi connectivity index (χ4n) is 3.16. The molecule has 0 aliphatic heterocycles. The lowest BCUT2D eigenvalue weighted by Crippen LogP contribution is -2.14. The molecular formula is C23H19N3O. The number of fused-ring (bicyclic) bond motifs is 1. The van der Waals surface area contributed by atoms with Crippen LogP contribution in [0.25, 0.3) is 22.2 Å². The van der Waals surface area contributed by atoms with E-state index in [9.17, 15) is 4.79 Å². The number of carbonyl (C=O) groups is 1. The number of aryl methyl sites for hydroxylation is 2. The predicted molar refractivity (Wildman–Crippen MR) is 109 cm³/mol. The summed E-state index contributed by atoms with van der Waals surface area (Å²) in [6, 6.07) is 23.2. The molecule has 4 nitrogen and oxygen atoms in total. The second-order valence-electron chi connectivity index (χ2n) is 6.51. The highest BCUT2D eigenvalue weighted by molar-refractivity contribution is 6.12. The molecule has 2 aromatic carbocycles. The summed E-state index contributed by atoms with van der Waals surface area (Å²) >= 11 is 0. The Morgan fingerprint density at radius 2 is 1.63 bits per heavy atom. The molecule has 2 aromatic heterocycles. The Hall–Kier alpha value is -3.53. The Kier molecular flexibility index (Phi) is 4.38. The Bertz CT molecular complexity index is 1150. The lowest BCUT2D eigenvalue weighted by molar-refractivity contribution is 0.102. The summed E-state index contributed by atoms with van der Waals surface area (Å²) in [5, 5.41) is 3.73. The second-order valence-corrected chi connectivity index (χ2v) is 6.51. The Morgan fingerprint density at radius 1 is 0.852 bits per heavy atom. The van der Waals surface area contributed by atoms with Gasteiger partial charge in [0.2, 0.25) is 0 Å². The number of nitrogens with zero attached hydrogens (tertiary/aromatic N) is 2. The third-order valence-corrected chi connectivity index (χ3v) is 4.51. The number of para-hydroxylation sites is 1. The quantitative estimate of drug-likeness (QED) is 0.553. The lowest BCUT2D eigenvalue weighted by atomic mass is 10.0. The van der Waals surface area contributed by atoms with Crippen LogP contribution in [0.5, 0.6) is 0 Å². The highest BCUT2D eigenvalue weighted by Gasteiger charge is 2.15. The van der Waals surface area contributed by atoms with Gasteiger partial charge in [-0.3, -0.25) is 4.79 Å². The number of hydrogen-bond donors (Lipinski definition) is 1. The maximum atomic E-state index is 13.0. The molecule has 0 atom stereocenters. The van der Waals surface area contributed by atoms with E-state index in [0.717, 1.165) is 33.4 Å². The molecule has 27 heavy (non-hydrogen) atoms. The number of nitrogens with one attached hydrogen (secondary N) is 1. The van der Waals surface area contributed by atoms with Crippen LogP contribution in [0.4, 0.5) is 5.82 Å². The molecule has 0 radical (unpaired) electrons. The molecule has 0 aliphatic carbocycles. The summed E-state index contributed by atoms with van der Waals surface area (Å²) in [5.74, 6) is 0.347. The smallest absolute Gasteiger partial charge is 0.257 e. The molecule has 0 fully saturated rings. The first-order chi connectivity index (χ1) is 13.1. The van der Waals surface area contributed by atoms with Gasteiger partial charge >= 0.3 is 0 Å². The van der Waals surface area contributed by atoms with Gasteiger partial charge in [0.15, 0.2) is 0 Å². The fraction of sp³-hybridized carbons (Fsp3) is 0.0870. The van der Waals surface area contributed by atoms with E-state index in [2.05, 4.69) is 10.3 Å². The molecule has 0 spiro atoms. The van der Waals surface area contributed by atoms with Gasteiger partial charge < -0.3 is 5.32 Å². The van der Waals surface area contributed by atoms with Crippen LogP contribution >= 0.6 is 0 Å². The number of anilines is 1. The first-order valence-corrected chi connectivity index (χ1v) is 8.82. The molecular weight excluding hydrogens is 334 g/mol. The summed E-state index contributed by atoms with van der Waals surface area (Å²) in [4.78, 5) is 22.2. The van der Waals surface area contributed by atoms with Crippen LogP contribution in [0, 0.1) is 13.8 Å². The number of pyridine rings is 2. The van der Waals surface area contributed by atoms with Crippen LogP contribution in [0.1, 0.15) is 21.6 Å². The molecule has 4 heteroatoms. The minimum Gasteiger partial charge on any atom is -0.307 e. The first kappa shape index (κ1) is 16.9. The largest absolute Gasteiger partial charge is 0.307 e. The van der Waals surface area contributed by atoms with Crippen LogP contribution in [0.3, 0.4) is 0 Å². The lowest BCUT2D eigenvalue weighted by Gasteiger charge is -2.12. The van der Waals surface area contributed by atoms with Crippen LogP contribution < -0.4 is 5.32 Å². The molecule has 0 saturated carbocycles. The Balaban J connectivity index is 1.83. The van der Waals surface area contributed by atoms with Gasteiger partial charge in [0.05, 0.1) is 16.8 Å². The van der Waals surface area contributed by atoms with Crippen molar-refractivity contribution in [2.24, 2.45) is 0 Å². The van der Waals surface area contributed by atoms with Crippen molar-refractivity contribution in [1.82, 2.24) is 9.97 Å². The van der Waals surface area contributed by atoms with E-state index >= 15 is 0 Å². The molecule has 0 saturated heterocycles. The minimum absolute atomic E-state index is 0.193. The maximum Gasteiger partial charge on any atom is 0.257 e. The summed E-state index contributed by atoms with van der Waals surface area (Å²) in [7, 11) is 0. The van der Waals surface area contributed by atoms with Gasteiger partial charge in [-0.1, -0.05) is 48.5 Å². The van der Waals surface area contributed by atoms with Gasteiger partial charge in [0.25, 0.3) is 5.91 Å². The number of hydrogen-bond acceptors (Lipinski definition) is 3. The molecule has 4 rings (SSSR count). The summed E-state index contributed by atoms with van der Waals surface area (Å²) < 4.78 is 0. The number of amides is 1. The van der Waals surface area contributed by atoms with Crippen molar-refractivity contribution in [3.05, 3.63) is 89.6 Å². The predicted octanol–water partition coefficient (Wildman–Crippen LogP) is 5.17. The topological polar surface area (TPSA) is 54.9 Å². The molecule has 132 valence electrons. The van der Waals surface area contributed by atoms with E-state index in [1.54, 1.807) is 6.07 Å². The van der Waals surface area contributed by atoms with Crippen LogP contribution in [0.15, 0.2) is 72.8 Å². The Labute approximate surface area is 157 Å². The highest BCUT2D eigenvalue weighted by Crippen LogP contribution is 2.27. The normalized spacial score (nSPS) is 10.7. The SMILES string of the molecule is Cc1cccc(NC(=O)c2cc(-c3ccccc3C)nc3ccccc23)n1. The fourth-order valence-corrected chi connectivity index (χ4v) is 3.16. The van der Waals surface area contributed by atoms with Crippen molar-refractivity contribution in [3.8, 4) is 11.3 Å². The molecule has 2 heterocycles. The molecule has 4 aromatic rings. The van der Waals surface area contributed by atoms with Gasteiger partial charge in [-0.15, -0.1) is 0 Å². The summed E-state index contributed by atoms with van der Waals surface area (Å²) in [6.45, 7) is 3.94. The monoisotopic (exact) mass is 353 g/mol. The van der Waals surface area contributed by atoms with Gasteiger partial charge in [-0.05, 0) is 43.7 Å². The molecule has 1 amide bonds. The first-order valence-electron chi connectivity index (χ1n) is 8.82. The van der Waals surface area contributed by atoms with Crippen molar-refractivity contribution in [1.29, 1.82) is 0 Å². The number of rotatable bonds is 3. The molecule has 0 unspecified atom stereocenters. The van der Waals surface area contributed by atoms with Crippen LogP contribution in [0.2, 0.25) is 0 Å². The van der Waals surface area contributed by atoms with Crippen molar-refractivity contribution in [3.63, 3.8) is 0 Å². The zero-order chi connectivity index (χ0) is 18.8. The van der Waals surface area contributed by atoms with Gasteiger partial charge in [-0.2, -0.15) is 0 Å². The average Bonchev–Trinajstić information content (AvgIpc) is 2.67. The molecule has 1 N–H and O–H groups in total. The van der Waals surface area contributed by atoms with Gasteiger partial charge in [-0.25, -0.2) is 9.97 Å². The van der Waals surface area contributed by atoms with E-state index in [0.29, 0.717) is 11.4 Å². The van der Waals surface area contributed by atoms with E-state index in [1.165, 1.54) is 0 Å².